The first-order chi connectivity index (χ1) is 15.6. The second-order valence-corrected chi connectivity index (χ2v) is 7.55. The van der Waals surface area contributed by atoms with Gasteiger partial charge in [0.2, 0.25) is 5.91 Å². The molecule has 0 atom stereocenters. The molecule has 2 N–H and O–H groups in total. The average Bonchev–Trinajstić information content (AvgIpc) is 2.83. The van der Waals surface area contributed by atoms with Crippen LogP contribution in [0.15, 0.2) is 88.9 Å². The van der Waals surface area contributed by atoms with Crippen molar-refractivity contribution in [1.29, 1.82) is 0 Å². The molecule has 0 spiro atoms. The lowest BCUT2D eigenvalue weighted by Crippen LogP contribution is -2.20. The number of hydrogen-bond acceptors (Lipinski definition) is 6. The molecule has 2 amide bonds. The summed E-state index contributed by atoms with van der Waals surface area (Å²) in [4.78, 5) is 25.0. The Hall–Kier alpha value is -3.78. The molecule has 3 rings (SSSR count). The van der Waals surface area contributed by atoms with Crippen LogP contribution in [0.3, 0.4) is 0 Å². The topological polar surface area (TPSA) is 89.0 Å². The Morgan fingerprint density at radius 2 is 1.66 bits per heavy atom. The van der Waals surface area contributed by atoms with Gasteiger partial charge in [-0.05, 0) is 54.1 Å². The highest BCUT2D eigenvalue weighted by molar-refractivity contribution is 8.00. The van der Waals surface area contributed by atoms with Crippen LogP contribution in [0.1, 0.15) is 5.56 Å². The number of anilines is 1. The Balaban J connectivity index is 1.40. The summed E-state index contributed by atoms with van der Waals surface area (Å²) in [7, 11) is 1.54. The zero-order valence-electron chi connectivity index (χ0n) is 17.5. The highest BCUT2D eigenvalue weighted by Crippen LogP contribution is 2.23. The van der Waals surface area contributed by atoms with Crippen LogP contribution in [-0.4, -0.2) is 37.5 Å². The smallest absolute Gasteiger partial charge is 0.262 e. The van der Waals surface area contributed by atoms with E-state index in [4.69, 9.17) is 9.47 Å². The Morgan fingerprint density at radius 3 is 2.41 bits per heavy atom. The van der Waals surface area contributed by atoms with Gasteiger partial charge in [-0.2, -0.15) is 5.10 Å². The lowest BCUT2D eigenvalue weighted by molar-refractivity contribution is -0.119. The number of hydrogen-bond donors (Lipinski definition) is 2. The minimum Gasteiger partial charge on any atom is -0.495 e. The lowest BCUT2D eigenvalue weighted by atomic mass is 10.2. The summed E-state index contributed by atoms with van der Waals surface area (Å²) in [5.41, 5.74) is 3.87. The van der Waals surface area contributed by atoms with Gasteiger partial charge in [0.1, 0.15) is 11.5 Å². The number of rotatable bonds is 10. The molecule has 0 aromatic heterocycles. The highest BCUT2D eigenvalue weighted by atomic mass is 32.2. The quantitative estimate of drug-likeness (QED) is 0.278. The molecule has 7 nitrogen and oxygen atoms in total. The Labute approximate surface area is 190 Å². The van der Waals surface area contributed by atoms with Crippen LogP contribution in [0.5, 0.6) is 11.5 Å². The van der Waals surface area contributed by atoms with E-state index in [1.54, 1.807) is 49.7 Å². The minimum absolute atomic E-state index is 0.138. The van der Waals surface area contributed by atoms with Crippen LogP contribution in [0.2, 0.25) is 0 Å². The molecule has 3 aromatic carbocycles. The third-order valence-electron chi connectivity index (χ3n) is 4.15. The van der Waals surface area contributed by atoms with E-state index < -0.39 is 0 Å². The predicted octanol–water partition coefficient (Wildman–Crippen LogP) is 3.96. The third-order valence-corrected chi connectivity index (χ3v) is 5.16. The van der Waals surface area contributed by atoms with Crippen LogP contribution >= 0.6 is 11.8 Å². The van der Waals surface area contributed by atoms with Crippen molar-refractivity contribution in [2.75, 3.05) is 24.8 Å². The highest BCUT2D eigenvalue weighted by Gasteiger charge is 2.07. The van der Waals surface area contributed by atoms with Crippen LogP contribution in [-0.2, 0) is 9.59 Å². The van der Waals surface area contributed by atoms with E-state index in [9.17, 15) is 9.59 Å². The lowest BCUT2D eigenvalue weighted by Gasteiger charge is -2.10. The number of benzene rings is 3. The molecule has 0 fully saturated rings. The summed E-state index contributed by atoms with van der Waals surface area (Å²) in [5, 5.41) is 6.72. The van der Waals surface area contributed by atoms with Gasteiger partial charge in [-0.3, -0.25) is 9.59 Å². The molecule has 0 saturated heterocycles. The first kappa shape index (κ1) is 22.9. The molecular formula is C24H23N3O4S. The van der Waals surface area contributed by atoms with Crippen molar-refractivity contribution in [2.45, 2.75) is 4.90 Å². The molecule has 164 valence electrons. The number of carbonyl (C=O) groups is 2. The van der Waals surface area contributed by atoms with Gasteiger partial charge in [0.15, 0.2) is 6.61 Å². The molecule has 0 bridgehead atoms. The van der Waals surface area contributed by atoms with E-state index in [0.29, 0.717) is 17.2 Å². The second kappa shape index (κ2) is 12.2. The number of thioether (sulfide) groups is 1. The summed E-state index contributed by atoms with van der Waals surface area (Å²) in [5.74, 6) is 0.925. The predicted molar refractivity (Wildman–Crippen MR) is 126 cm³/mol. The minimum atomic E-state index is -0.295. The number of hydrazone groups is 1. The van der Waals surface area contributed by atoms with E-state index in [2.05, 4.69) is 15.8 Å². The van der Waals surface area contributed by atoms with Crippen molar-refractivity contribution in [2.24, 2.45) is 5.10 Å². The molecule has 0 saturated carbocycles. The van der Waals surface area contributed by atoms with E-state index in [-0.39, 0.29) is 24.2 Å². The van der Waals surface area contributed by atoms with E-state index >= 15 is 0 Å². The third kappa shape index (κ3) is 7.48. The summed E-state index contributed by atoms with van der Waals surface area (Å²) in [6.45, 7) is -0.138. The number of amides is 2. The number of carbonyl (C=O) groups excluding carboxylic acids is 2. The number of methoxy groups -OCH3 is 1. The molecule has 3 aromatic rings. The van der Waals surface area contributed by atoms with E-state index in [1.165, 1.54) is 11.8 Å². The van der Waals surface area contributed by atoms with Gasteiger partial charge < -0.3 is 14.8 Å². The van der Waals surface area contributed by atoms with Gasteiger partial charge in [-0.1, -0.05) is 30.3 Å². The first-order valence-corrected chi connectivity index (χ1v) is 10.8. The standard InChI is InChI=1S/C24H23N3O4S/c1-30-22-10-6-5-9-21(22)26-23(28)16-31-19-13-11-18(12-14-19)15-25-27-24(29)17-32-20-7-3-2-4-8-20/h2-15H,16-17H2,1H3,(H,26,28)(H,27,29)/b25-15-. The molecule has 0 heterocycles. The Bertz CT molecular complexity index is 1060. The summed E-state index contributed by atoms with van der Waals surface area (Å²) < 4.78 is 10.7. The normalized spacial score (nSPS) is 10.5. The summed E-state index contributed by atoms with van der Waals surface area (Å²) in [6.07, 6.45) is 1.54. The monoisotopic (exact) mass is 449 g/mol. The number of ether oxygens (including phenoxy) is 2. The van der Waals surface area contributed by atoms with Crippen molar-refractivity contribution in [3.63, 3.8) is 0 Å². The van der Waals surface area contributed by atoms with Crippen molar-refractivity contribution < 1.29 is 19.1 Å². The summed E-state index contributed by atoms with van der Waals surface area (Å²) >= 11 is 1.44. The van der Waals surface area contributed by atoms with E-state index in [1.807, 2.05) is 42.5 Å². The van der Waals surface area contributed by atoms with Gasteiger partial charge in [-0.15, -0.1) is 11.8 Å². The molecule has 0 radical (unpaired) electrons. The molecule has 0 unspecified atom stereocenters. The maximum absolute atomic E-state index is 12.1. The largest absolute Gasteiger partial charge is 0.495 e. The van der Waals surface area contributed by atoms with Gasteiger partial charge >= 0.3 is 0 Å². The molecule has 32 heavy (non-hydrogen) atoms. The molecule has 8 heteroatoms. The van der Waals surface area contributed by atoms with Crippen molar-refractivity contribution in [1.82, 2.24) is 5.43 Å². The van der Waals surface area contributed by atoms with Crippen LogP contribution in [0.25, 0.3) is 0 Å². The maximum atomic E-state index is 12.1. The fourth-order valence-electron chi connectivity index (χ4n) is 2.61. The SMILES string of the molecule is COc1ccccc1NC(=O)COc1ccc(/C=N\NC(=O)CSc2ccccc2)cc1. The van der Waals surface area contributed by atoms with Crippen molar-refractivity contribution in [3.8, 4) is 11.5 Å². The summed E-state index contributed by atoms with van der Waals surface area (Å²) in [6, 6.07) is 23.9. The van der Waals surface area contributed by atoms with E-state index in [0.717, 1.165) is 10.5 Å². The number of nitrogens with one attached hydrogen (secondary N) is 2. The van der Waals surface area contributed by atoms with Crippen molar-refractivity contribution in [3.05, 3.63) is 84.4 Å². The molecular weight excluding hydrogens is 426 g/mol. The average molecular weight is 450 g/mol. The zero-order chi connectivity index (χ0) is 22.6. The van der Waals surface area contributed by atoms with Gasteiger partial charge in [0.05, 0.1) is 24.8 Å². The van der Waals surface area contributed by atoms with Gasteiger partial charge in [0, 0.05) is 4.90 Å². The van der Waals surface area contributed by atoms with Crippen molar-refractivity contribution >= 4 is 35.5 Å². The van der Waals surface area contributed by atoms with Crippen LogP contribution in [0.4, 0.5) is 5.69 Å². The first-order valence-electron chi connectivity index (χ1n) is 9.79. The Kier molecular flexibility index (Phi) is 8.70. The zero-order valence-corrected chi connectivity index (χ0v) is 18.3. The fourth-order valence-corrected chi connectivity index (χ4v) is 3.32. The van der Waals surface area contributed by atoms with Crippen LogP contribution in [0, 0.1) is 0 Å². The molecule has 0 aliphatic rings. The number of nitrogens with zero attached hydrogens (tertiary/aromatic N) is 1. The maximum Gasteiger partial charge on any atom is 0.262 e. The molecule has 0 aliphatic carbocycles. The Morgan fingerprint density at radius 1 is 0.938 bits per heavy atom. The fraction of sp³-hybridized carbons (Fsp3) is 0.125. The molecule has 0 aliphatic heterocycles. The second-order valence-electron chi connectivity index (χ2n) is 6.50. The number of para-hydroxylation sites is 2. The van der Waals surface area contributed by atoms with Gasteiger partial charge in [0.25, 0.3) is 5.91 Å². The van der Waals surface area contributed by atoms with Crippen LogP contribution < -0.4 is 20.2 Å². The van der Waals surface area contributed by atoms with Gasteiger partial charge in [-0.25, -0.2) is 5.43 Å².